The largest absolute Gasteiger partial charge is 0.444 e. The molecule has 0 aromatic carbocycles. The van der Waals surface area contributed by atoms with Gasteiger partial charge >= 0.3 is 6.09 Å². The molecule has 2 rings (SSSR count). The fourth-order valence-corrected chi connectivity index (χ4v) is 2.80. The Morgan fingerprint density at radius 1 is 1.50 bits per heavy atom. The van der Waals surface area contributed by atoms with Crippen molar-refractivity contribution in [3.05, 3.63) is 29.8 Å². The van der Waals surface area contributed by atoms with Crippen LogP contribution in [0.25, 0.3) is 0 Å². The minimum Gasteiger partial charge on any atom is -0.444 e. The van der Waals surface area contributed by atoms with E-state index < -0.39 is 35.2 Å². The van der Waals surface area contributed by atoms with E-state index in [0.717, 1.165) is 6.20 Å². The minimum atomic E-state index is -0.997. The van der Waals surface area contributed by atoms with Gasteiger partial charge in [-0.05, 0) is 47.1 Å². The van der Waals surface area contributed by atoms with Crippen molar-refractivity contribution < 1.29 is 19.0 Å². The van der Waals surface area contributed by atoms with Crippen LogP contribution in [0.2, 0.25) is 0 Å². The smallest absolute Gasteiger partial charge is 0.411 e. The van der Waals surface area contributed by atoms with E-state index in [1.165, 1.54) is 17.2 Å². The summed E-state index contributed by atoms with van der Waals surface area (Å²) in [5.41, 5.74) is -0.665. The van der Waals surface area contributed by atoms with Crippen LogP contribution in [-0.2, 0) is 4.74 Å². The van der Waals surface area contributed by atoms with Gasteiger partial charge in [0.25, 0.3) is 0 Å². The van der Waals surface area contributed by atoms with Crippen molar-refractivity contribution in [2.75, 3.05) is 0 Å². The predicted octanol–water partition coefficient (Wildman–Crippen LogP) is 3.04. The Labute approximate surface area is 130 Å². The lowest BCUT2D eigenvalue weighted by Crippen LogP contribution is -2.67. The number of carbonyl (C=O) groups excluding carboxylic acids is 1. The van der Waals surface area contributed by atoms with E-state index in [-0.39, 0.29) is 0 Å². The number of amides is 1. The number of carbonyl (C=O) groups is 1. The molecule has 22 heavy (non-hydrogen) atoms. The molecule has 1 aromatic heterocycles. The van der Waals surface area contributed by atoms with Gasteiger partial charge in [-0.25, -0.2) is 9.18 Å². The molecule has 6 heteroatoms. The van der Waals surface area contributed by atoms with Crippen molar-refractivity contribution in [2.45, 2.75) is 64.3 Å². The van der Waals surface area contributed by atoms with E-state index in [4.69, 9.17) is 4.74 Å². The number of aromatic nitrogens is 1. The van der Waals surface area contributed by atoms with E-state index >= 15 is 0 Å². The zero-order valence-electron chi connectivity index (χ0n) is 13.6. The quantitative estimate of drug-likeness (QED) is 0.912. The molecule has 1 aliphatic rings. The average Bonchev–Trinajstić information content (AvgIpc) is 2.33. The molecule has 2 atom stereocenters. The summed E-state index contributed by atoms with van der Waals surface area (Å²) in [5.74, 6) is -0.515. The lowest BCUT2D eigenvalue weighted by atomic mass is 9.78. The molecule has 1 N–H and O–H groups in total. The molecular weight excluding hydrogens is 287 g/mol. The summed E-state index contributed by atoms with van der Waals surface area (Å²) < 4.78 is 18.7. The molecule has 1 unspecified atom stereocenters. The van der Waals surface area contributed by atoms with Crippen molar-refractivity contribution in [1.29, 1.82) is 0 Å². The Balaban J connectivity index is 2.19. The van der Waals surface area contributed by atoms with Gasteiger partial charge in [-0.15, -0.1) is 0 Å². The predicted molar refractivity (Wildman–Crippen MR) is 79.7 cm³/mol. The maximum atomic E-state index is 13.3. The molecule has 0 radical (unpaired) electrons. The van der Waals surface area contributed by atoms with E-state index in [0.29, 0.717) is 12.0 Å². The Kier molecular flexibility index (Phi) is 4.17. The topological polar surface area (TPSA) is 62.7 Å². The van der Waals surface area contributed by atoms with Crippen LogP contribution < -0.4 is 0 Å². The minimum absolute atomic E-state index is 0.356. The van der Waals surface area contributed by atoms with Crippen LogP contribution in [0.4, 0.5) is 9.18 Å². The number of likely N-dealkylation sites (tertiary alicyclic amines) is 1. The number of halogens is 1. The number of aliphatic hydroxyl groups excluding tert-OH is 1. The number of aliphatic hydroxyl groups is 1. The maximum absolute atomic E-state index is 13.3. The molecule has 0 aliphatic carbocycles. The first-order valence-corrected chi connectivity index (χ1v) is 7.32. The number of nitrogens with zero attached hydrogens (tertiary/aromatic N) is 2. The molecule has 1 saturated heterocycles. The zero-order chi connectivity index (χ0) is 16.7. The molecule has 1 amide bonds. The van der Waals surface area contributed by atoms with Crippen LogP contribution in [-0.4, -0.2) is 38.3 Å². The number of rotatable bonds is 2. The highest BCUT2D eigenvalue weighted by Crippen LogP contribution is 2.43. The summed E-state index contributed by atoms with van der Waals surface area (Å²) in [6, 6.07) is 0.782. The van der Waals surface area contributed by atoms with Crippen LogP contribution in [0.5, 0.6) is 0 Å². The van der Waals surface area contributed by atoms with E-state index in [1.54, 1.807) is 20.8 Å². The number of ether oxygens (including phenoxy) is 1. The molecule has 5 nitrogen and oxygen atoms in total. The average molecular weight is 310 g/mol. The molecule has 1 aliphatic heterocycles. The second kappa shape index (κ2) is 5.50. The highest BCUT2D eigenvalue weighted by Gasteiger charge is 2.52. The van der Waals surface area contributed by atoms with Crippen molar-refractivity contribution in [1.82, 2.24) is 9.88 Å². The second-order valence-corrected chi connectivity index (χ2v) is 7.32. The van der Waals surface area contributed by atoms with Gasteiger partial charge in [-0.1, -0.05) is 0 Å². The van der Waals surface area contributed by atoms with Crippen LogP contribution in [0.3, 0.4) is 0 Å². The Morgan fingerprint density at radius 3 is 2.64 bits per heavy atom. The first-order chi connectivity index (χ1) is 10.0. The number of hydrogen-bond donors (Lipinski definition) is 1. The summed E-state index contributed by atoms with van der Waals surface area (Å²) >= 11 is 0. The molecule has 1 aromatic rings. The fourth-order valence-electron chi connectivity index (χ4n) is 2.80. The maximum Gasteiger partial charge on any atom is 0.411 e. The van der Waals surface area contributed by atoms with Gasteiger partial charge in [0.05, 0.1) is 12.2 Å². The molecule has 0 saturated carbocycles. The number of hydrogen-bond acceptors (Lipinski definition) is 4. The SMILES string of the molecule is CC(C)(C)OC(=O)N1C([C@H](O)c2cncc(F)c2)CC1(C)C. The molecule has 0 spiro atoms. The fraction of sp³-hybridized carbons (Fsp3) is 0.625. The van der Waals surface area contributed by atoms with Gasteiger partial charge in [0.2, 0.25) is 0 Å². The lowest BCUT2D eigenvalue weighted by molar-refractivity contribution is -0.105. The standard InChI is InChI=1S/C16H23FN2O3/c1-15(2,3)22-14(21)19-12(7-16(19,4)5)13(20)10-6-11(17)9-18-8-10/h6,8-9,12-13,20H,7H2,1-5H3/t12?,13-/m1/s1. The summed E-state index contributed by atoms with van der Waals surface area (Å²) in [6.45, 7) is 9.19. The summed E-state index contributed by atoms with van der Waals surface area (Å²) in [7, 11) is 0. The molecule has 122 valence electrons. The van der Waals surface area contributed by atoms with Crippen molar-refractivity contribution >= 4 is 6.09 Å². The Bertz CT molecular complexity index is 569. The molecule has 0 bridgehead atoms. The van der Waals surface area contributed by atoms with Crippen molar-refractivity contribution in [2.24, 2.45) is 0 Å². The summed E-state index contributed by atoms with van der Waals surface area (Å²) in [6.07, 6.45) is 1.61. The monoisotopic (exact) mass is 310 g/mol. The zero-order valence-corrected chi connectivity index (χ0v) is 13.6. The van der Waals surface area contributed by atoms with Gasteiger partial charge in [0.1, 0.15) is 17.5 Å². The first kappa shape index (κ1) is 16.7. The Morgan fingerprint density at radius 2 is 2.14 bits per heavy atom. The van der Waals surface area contributed by atoms with Crippen LogP contribution in [0.15, 0.2) is 18.5 Å². The Hall–Kier alpha value is -1.69. The summed E-state index contributed by atoms with van der Waals surface area (Å²) in [4.78, 5) is 17.6. The van der Waals surface area contributed by atoms with E-state index in [9.17, 15) is 14.3 Å². The normalized spacial score (nSPS) is 22.0. The highest BCUT2D eigenvalue weighted by molar-refractivity contribution is 5.71. The first-order valence-electron chi connectivity index (χ1n) is 7.32. The second-order valence-electron chi connectivity index (χ2n) is 7.32. The van der Waals surface area contributed by atoms with Gasteiger partial charge in [0.15, 0.2) is 0 Å². The van der Waals surface area contributed by atoms with Crippen LogP contribution in [0, 0.1) is 5.82 Å². The third-order valence-electron chi connectivity index (χ3n) is 3.71. The van der Waals surface area contributed by atoms with Crippen molar-refractivity contribution in [3.63, 3.8) is 0 Å². The summed E-state index contributed by atoms with van der Waals surface area (Å²) in [5, 5.41) is 10.5. The molecule has 2 heterocycles. The lowest BCUT2D eigenvalue weighted by Gasteiger charge is -2.56. The van der Waals surface area contributed by atoms with E-state index in [1.807, 2.05) is 13.8 Å². The highest BCUT2D eigenvalue weighted by atomic mass is 19.1. The van der Waals surface area contributed by atoms with Gasteiger partial charge in [-0.3, -0.25) is 9.88 Å². The van der Waals surface area contributed by atoms with Gasteiger partial charge in [-0.2, -0.15) is 0 Å². The third-order valence-corrected chi connectivity index (χ3v) is 3.71. The van der Waals surface area contributed by atoms with E-state index in [2.05, 4.69) is 4.98 Å². The van der Waals surface area contributed by atoms with Crippen molar-refractivity contribution in [3.8, 4) is 0 Å². The molecular formula is C16H23FN2O3. The number of pyridine rings is 1. The van der Waals surface area contributed by atoms with Crippen LogP contribution in [0.1, 0.15) is 52.7 Å². The van der Waals surface area contributed by atoms with Gasteiger partial charge < -0.3 is 9.84 Å². The third kappa shape index (κ3) is 3.38. The van der Waals surface area contributed by atoms with Gasteiger partial charge in [0, 0.05) is 17.3 Å². The molecule has 1 fully saturated rings. The van der Waals surface area contributed by atoms with Crippen LogP contribution >= 0.6 is 0 Å².